The summed E-state index contributed by atoms with van der Waals surface area (Å²) in [4.78, 5) is 36.8. The SMILES string of the molecule is CC(C)c1ccc(NC(=O)N(Cc2nc(C(=O)N(CCN(C)C)Cc3ccccc3)cs2)C(C)C)cc1. The van der Waals surface area contributed by atoms with Crippen molar-refractivity contribution in [3.8, 4) is 0 Å². The van der Waals surface area contributed by atoms with Crippen molar-refractivity contribution in [2.45, 2.75) is 52.7 Å². The smallest absolute Gasteiger partial charge is 0.322 e. The van der Waals surface area contributed by atoms with Gasteiger partial charge in [-0.3, -0.25) is 4.79 Å². The average molecular weight is 522 g/mol. The van der Waals surface area contributed by atoms with E-state index in [1.54, 1.807) is 10.3 Å². The fraction of sp³-hybridized carbons (Fsp3) is 0.414. The number of carbonyl (C=O) groups excluding carboxylic acids is 2. The van der Waals surface area contributed by atoms with Crippen molar-refractivity contribution >= 4 is 29.0 Å². The standard InChI is InChI=1S/C29H39N5O2S/c1-21(2)24-12-14-25(15-13-24)30-29(36)34(22(3)4)19-27-31-26(20-37-27)28(35)33(17-16-32(5)6)18-23-10-8-7-9-11-23/h7-15,20-22H,16-19H2,1-6H3,(H,30,36). The number of benzene rings is 2. The Morgan fingerprint density at radius 2 is 1.59 bits per heavy atom. The Morgan fingerprint density at radius 1 is 0.919 bits per heavy atom. The van der Waals surface area contributed by atoms with Gasteiger partial charge in [-0.25, -0.2) is 9.78 Å². The molecule has 0 saturated heterocycles. The molecule has 0 aliphatic rings. The molecule has 0 saturated carbocycles. The van der Waals surface area contributed by atoms with Crippen LogP contribution in [0.1, 0.15) is 60.2 Å². The quantitative estimate of drug-likeness (QED) is 0.340. The molecule has 3 amide bonds. The first-order valence-electron chi connectivity index (χ1n) is 12.7. The first-order valence-corrected chi connectivity index (χ1v) is 13.6. The fourth-order valence-corrected chi connectivity index (χ4v) is 4.57. The van der Waals surface area contributed by atoms with E-state index in [0.717, 1.165) is 22.8 Å². The molecule has 0 aliphatic carbocycles. The largest absolute Gasteiger partial charge is 0.332 e. The van der Waals surface area contributed by atoms with Crippen LogP contribution in [-0.4, -0.2) is 64.8 Å². The number of urea groups is 1. The molecular formula is C29H39N5O2S. The molecule has 3 aromatic rings. The van der Waals surface area contributed by atoms with Gasteiger partial charge in [-0.15, -0.1) is 11.3 Å². The van der Waals surface area contributed by atoms with Crippen LogP contribution < -0.4 is 5.32 Å². The second kappa shape index (κ2) is 13.4. The Morgan fingerprint density at radius 3 is 2.19 bits per heavy atom. The van der Waals surface area contributed by atoms with Crippen LogP contribution in [0.2, 0.25) is 0 Å². The summed E-state index contributed by atoms with van der Waals surface area (Å²) in [5.41, 5.74) is 3.48. The van der Waals surface area contributed by atoms with Gasteiger partial charge in [0.05, 0.1) is 6.54 Å². The number of rotatable bonds is 11. The molecule has 8 heteroatoms. The number of carbonyl (C=O) groups is 2. The first kappa shape index (κ1) is 28.3. The highest BCUT2D eigenvalue weighted by Gasteiger charge is 2.23. The number of nitrogens with one attached hydrogen (secondary N) is 1. The van der Waals surface area contributed by atoms with E-state index >= 15 is 0 Å². The van der Waals surface area contributed by atoms with E-state index in [2.05, 4.69) is 29.0 Å². The average Bonchev–Trinajstić information content (AvgIpc) is 3.34. The minimum atomic E-state index is -0.188. The lowest BCUT2D eigenvalue weighted by molar-refractivity contribution is 0.0726. The summed E-state index contributed by atoms with van der Waals surface area (Å²) < 4.78 is 0. The maximum atomic E-state index is 13.4. The van der Waals surface area contributed by atoms with Gasteiger partial charge in [-0.1, -0.05) is 56.3 Å². The van der Waals surface area contributed by atoms with Crippen LogP contribution in [0.5, 0.6) is 0 Å². The molecule has 1 N–H and O–H groups in total. The molecule has 0 aliphatic heterocycles. The molecule has 7 nitrogen and oxygen atoms in total. The van der Waals surface area contributed by atoms with E-state index in [1.807, 2.05) is 87.4 Å². The fourth-order valence-electron chi connectivity index (χ4n) is 3.80. The summed E-state index contributed by atoms with van der Waals surface area (Å²) in [5.74, 6) is 0.337. The third-order valence-corrected chi connectivity index (χ3v) is 6.94. The van der Waals surface area contributed by atoms with Crippen LogP contribution in [-0.2, 0) is 13.1 Å². The Kier molecular flexibility index (Phi) is 10.2. The second-order valence-corrected chi connectivity index (χ2v) is 11.0. The minimum Gasteiger partial charge on any atom is -0.332 e. The molecule has 0 atom stereocenters. The van der Waals surface area contributed by atoms with Gasteiger partial charge in [-0.05, 0) is 57.1 Å². The van der Waals surface area contributed by atoms with E-state index in [0.29, 0.717) is 31.2 Å². The number of hydrogen-bond donors (Lipinski definition) is 1. The highest BCUT2D eigenvalue weighted by atomic mass is 32.1. The lowest BCUT2D eigenvalue weighted by Gasteiger charge is -2.26. The first-order chi connectivity index (χ1) is 17.6. The van der Waals surface area contributed by atoms with Gasteiger partial charge in [0.1, 0.15) is 10.7 Å². The minimum absolute atomic E-state index is 0.0346. The van der Waals surface area contributed by atoms with Crippen molar-refractivity contribution < 1.29 is 9.59 Å². The van der Waals surface area contributed by atoms with Crippen LogP contribution in [0.3, 0.4) is 0 Å². The number of hydrogen-bond acceptors (Lipinski definition) is 5. The van der Waals surface area contributed by atoms with Crippen molar-refractivity contribution in [2.75, 3.05) is 32.5 Å². The molecule has 0 unspecified atom stereocenters. The number of aromatic nitrogens is 1. The summed E-state index contributed by atoms with van der Waals surface area (Å²) in [7, 11) is 3.99. The van der Waals surface area contributed by atoms with Crippen LogP contribution >= 0.6 is 11.3 Å². The second-order valence-electron chi connectivity index (χ2n) is 10.1. The van der Waals surface area contributed by atoms with Gasteiger partial charge in [0.15, 0.2) is 0 Å². The van der Waals surface area contributed by atoms with Gasteiger partial charge < -0.3 is 20.0 Å². The van der Waals surface area contributed by atoms with Crippen LogP contribution in [0.25, 0.3) is 0 Å². The molecule has 2 aromatic carbocycles. The molecule has 0 bridgehead atoms. The number of likely N-dealkylation sites (N-methyl/N-ethyl adjacent to an activating group) is 1. The van der Waals surface area contributed by atoms with Crippen molar-refractivity contribution in [3.63, 3.8) is 0 Å². The van der Waals surface area contributed by atoms with Crippen molar-refractivity contribution in [1.82, 2.24) is 19.7 Å². The Hall–Kier alpha value is -3.23. The van der Waals surface area contributed by atoms with E-state index in [1.165, 1.54) is 16.9 Å². The monoisotopic (exact) mass is 521 g/mol. The maximum absolute atomic E-state index is 13.4. The van der Waals surface area contributed by atoms with E-state index in [4.69, 9.17) is 0 Å². The van der Waals surface area contributed by atoms with Crippen molar-refractivity contribution in [2.24, 2.45) is 0 Å². The zero-order valence-corrected chi connectivity index (χ0v) is 23.6. The van der Waals surface area contributed by atoms with E-state index < -0.39 is 0 Å². The Bertz CT molecular complexity index is 1140. The van der Waals surface area contributed by atoms with Crippen LogP contribution in [0.15, 0.2) is 60.0 Å². The van der Waals surface area contributed by atoms with E-state index in [-0.39, 0.29) is 18.0 Å². The number of nitrogens with zero attached hydrogens (tertiary/aromatic N) is 4. The highest BCUT2D eigenvalue weighted by molar-refractivity contribution is 7.09. The summed E-state index contributed by atoms with van der Waals surface area (Å²) in [5, 5.41) is 5.53. The molecule has 0 spiro atoms. The predicted molar refractivity (Wildman–Crippen MR) is 152 cm³/mol. The number of anilines is 1. The van der Waals surface area contributed by atoms with Gasteiger partial charge in [-0.2, -0.15) is 0 Å². The van der Waals surface area contributed by atoms with Gasteiger partial charge >= 0.3 is 6.03 Å². The zero-order valence-electron chi connectivity index (χ0n) is 22.8. The third-order valence-electron chi connectivity index (χ3n) is 6.11. The maximum Gasteiger partial charge on any atom is 0.322 e. The van der Waals surface area contributed by atoms with Crippen LogP contribution in [0.4, 0.5) is 10.5 Å². The summed E-state index contributed by atoms with van der Waals surface area (Å²) in [6, 6.07) is 17.7. The number of thiazole rings is 1. The normalized spacial score (nSPS) is 11.3. The third kappa shape index (κ3) is 8.40. The molecular weight excluding hydrogens is 482 g/mol. The van der Waals surface area contributed by atoms with Crippen molar-refractivity contribution in [3.05, 3.63) is 81.8 Å². The Balaban J connectivity index is 1.70. The van der Waals surface area contributed by atoms with Gasteiger partial charge in [0.25, 0.3) is 5.91 Å². The van der Waals surface area contributed by atoms with E-state index in [9.17, 15) is 9.59 Å². The molecule has 198 valence electrons. The Labute approximate surface area is 225 Å². The van der Waals surface area contributed by atoms with Crippen molar-refractivity contribution in [1.29, 1.82) is 0 Å². The highest BCUT2D eigenvalue weighted by Crippen LogP contribution is 2.20. The molecule has 1 aromatic heterocycles. The molecule has 1 heterocycles. The summed E-state index contributed by atoms with van der Waals surface area (Å²) in [6.45, 7) is 10.5. The molecule has 0 fully saturated rings. The summed E-state index contributed by atoms with van der Waals surface area (Å²) in [6.07, 6.45) is 0. The molecule has 37 heavy (non-hydrogen) atoms. The lowest BCUT2D eigenvalue weighted by atomic mass is 10.0. The number of amides is 3. The molecule has 0 radical (unpaired) electrons. The topological polar surface area (TPSA) is 68.8 Å². The molecule has 3 rings (SSSR count). The lowest BCUT2D eigenvalue weighted by Crippen LogP contribution is -2.39. The van der Waals surface area contributed by atoms with Gasteiger partial charge in [0, 0.05) is 36.7 Å². The zero-order chi connectivity index (χ0) is 26.9. The summed E-state index contributed by atoms with van der Waals surface area (Å²) >= 11 is 1.41. The van der Waals surface area contributed by atoms with Gasteiger partial charge in [0.2, 0.25) is 0 Å². The van der Waals surface area contributed by atoms with Crippen LogP contribution in [0, 0.1) is 0 Å². The predicted octanol–water partition coefficient (Wildman–Crippen LogP) is 5.91.